The summed E-state index contributed by atoms with van der Waals surface area (Å²) in [5.41, 5.74) is 1.98. The summed E-state index contributed by atoms with van der Waals surface area (Å²) in [6.45, 7) is 6.42. The van der Waals surface area contributed by atoms with Gasteiger partial charge in [-0.15, -0.1) is 0 Å². The third-order valence-corrected chi connectivity index (χ3v) is 7.06. The molecule has 0 radical (unpaired) electrons. The molecule has 0 spiro atoms. The number of rotatable bonds is 18. The molecule has 0 amide bonds. The molecule has 8 heteroatoms. The second-order valence-corrected chi connectivity index (χ2v) is 10.8. The lowest BCUT2D eigenvalue weighted by atomic mass is 10.0. The molecule has 0 fully saturated rings. The Morgan fingerprint density at radius 1 is 0.727 bits per heavy atom. The van der Waals surface area contributed by atoms with Crippen LogP contribution in [0.25, 0.3) is 11.1 Å². The van der Waals surface area contributed by atoms with Crippen LogP contribution >= 0.6 is 0 Å². The Hall–Kier alpha value is -4.20. The molecular weight excluding hydrogens is 563 g/mol. The van der Waals surface area contributed by atoms with Gasteiger partial charge in [0.2, 0.25) is 0 Å². The van der Waals surface area contributed by atoms with Crippen LogP contribution in [0.5, 0.6) is 11.5 Å². The van der Waals surface area contributed by atoms with Gasteiger partial charge in [-0.1, -0.05) is 50.5 Å². The molecule has 0 saturated heterocycles. The van der Waals surface area contributed by atoms with Gasteiger partial charge < -0.3 is 18.9 Å². The quantitative estimate of drug-likeness (QED) is 0.0813. The Morgan fingerprint density at radius 3 is 1.98 bits per heavy atom. The van der Waals surface area contributed by atoms with Crippen molar-refractivity contribution in [3.8, 4) is 22.6 Å². The van der Waals surface area contributed by atoms with Crippen LogP contribution in [0.2, 0.25) is 0 Å². The largest absolute Gasteiger partial charge is 0.494 e. The van der Waals surface area contributed by atoms with Gasteiger partial charge in [-0.3, -0.25) is 4.79 Å². The average molecular weight is 607 g/mol. The molecule has 0 N–H and O–H groups in total. The number of hydrogen-bond acceptors (Lipinski definition) is 7. The maximum absolute atomic E-state index is 14.7. The molecule has 3 aromatic carbocycles. The van der Waals surface area contributed by atoms with Crippen molar-refractivity contribution in [1.29, 1.82) is 0 Å². The molecule has 0 bridgehead atoms. The smallest absolute Gasteiger partial charge is 0.343 e. The van der Waals surface area contributed by atoms with Crippen LogP contribution in [0, 0.1) is 5.82 Å². The molecule has 0 aliphatic carbocycles. The molecule has 0 aliphatic rings. The Kier molecular flexibility index (Phi) is 14.4. The maximum Gasteiger partial charge on any atom is 0.343 e. The molecule has 0 aromatic heterocycles. The highest BCUT2D eigenvalue weighted by molar-refractivity contribution is 5.92. The van der Waals surface area contributed by atoms with Gasteiger partial charge in [-0.2, -0.15) is 0 Å². The summed E-state index contributed by atoms with van der Waals surface area (Å²) in [6.07, 6.45) is 8.46. The highest BCUT2D eigenvalue weighted by Gasteiger charge is 2.18. The number of ether oxygens (including phenoxy) is 4. The van der Waals surface area contributed by atoms with E-state index in [1.54, 1.807) is 19.1 Å². The molecule has 0 aliphatic heterocycles. The fourth-order valence-electron chi connectivity index (χ4n) is 4.56. The van der Waals surface area contributed by atoms with E-state index in [9.17, 15) is 18.8 Å². The van der Waals surface area contributed by atoms with Crippen molar-refractivity contribution >= 4 is 17.9 Å². The van der Waals surface area contributed by atoms with Crippen molar-refractivity contribution in [2.75, 3.05) is 13.2 Å². The van der Waals surface area contributed by atoms with Gasteiger partial charge in [0.15, 0.2) is 0 Å². The van der Waals surface area contributed by atoms with E-state index in [0.717, 1.165) is 80.7 Å². The van der Waals surface area contributed by atoms with Gasteiger partial charge in [0, 0.05) is 13.0 Å². The summed E-state index contributed by atoms with van der Waals surface area (Å²) in [6, 6.07) is 18.3. The number of benzene rings is 3. The first-order valence-corrected chi connectivity index (χ1v) is 15.5. The van der Waals surface area contributed by atoms with Crippen LogP contribution in [0.1, 0.15) is 99.3 Å². The fourth-order valence-corrected chi connectivity index (χ4v) is 4.56. The van der Waals surface area contributed by atoms with Crippen LogP contribution in [-0.2, 0) is 14.3 Å². The summed E-state index contributed by atoms with van der Waals surface area (Å²) in [5, 5.41) is 0. The monoisotopic (exact) mass is 606 g/mol. The Morgan fingerprint density at radius 2 is 1.34 bits per heavy atom. The van der Waals surface area contributed by atoms with E-state index < -0.39 is 17.8 Å². The first kappa shape index (κ1) is 34.3. The molecule has 0 unspecified atom stereocenters. The van der Waals surface area contributed by atoms with E-state index in [-0.39, 0.29) is 23.4 Å². The number of carbonyl (C=O) groups excluding carboxylic acids is 3. The molecule has 44 heavy (non-hydrogen) atoms. The normalized spacial score (nSPS) is 11.5. The van der Waals surface area contributed by atoms with Gasteiger partial charge in [-0.25, -0.2) is 14.0 Å². The van der Waals surface area contributed by atoms with Crippen LogP contribution in [-0.4, -0.2) is 37.2 Å². The standard InChI is InChI=1S/C36H43FO7/c1-4-5-6-9-12-26(2)43-36(40)33-22-21-32(25-34(33)37)44-35(39)30-15-13-28(14-16-30)29-17-19-31(20-18-29)42-24-11-8-7-10-23-41-27(3)38/h13-22,25-26H,4-12,23-24H2,1-3H3/t26-/m0/s1. The molecular formula is C36H43FO7. The Balaban J connectivity index is 1.45. The summed E-state index contributed by atoms with van der Waals surface area (Å²) < 4.78 is 36.1. The molecule has 0 heterocycles. The van der Waals surface area contributed by atoms with Crippen LogP contribution in [0.4, 0.5) is 4.39 Å². The van der Waals surface area contributed by atoms with Crippen molar-refractivity contribution in [2.45, 2.75) is 84.7 Å². The highest BCUT2D eigenvalue weighted by Crippen LogP contribution is 2.24. The van der Waals surface area contributed by atoms with Crippen LogP contribution < -0.4 is 9.47 Å². The van der Waals surface area contributed by atoms with E-state index >= 15 is 0 Å². The van der Waals surface area contributed by atoms with E-state index in [1.165, 1.54) is 19.1 Å². The molecule has 1 atom stereocenters. The minimum atomic E-state index is -0.808. The number of halogens is 1. The molecule has 3 aromatic rings. The summed E-state index contributed by atoms with van der Waals surface area (Å²) in [4.78, 5) is 35.9. The second-order valence-electron chi connectivity index (χ2n) is 10.8. The Bertz CT molecular complexity index is 1340. The minimum absolute atomic E-state index is 0.00155. The summed E-state index contributed by atoms with van der Waals surface area (Å²) in [7, 11) is 0. The molecule has 3 rings (SSSR count). The van der Waals surface area contributed by atoms with Gasteiger partial charge >= 0.3 is 17.9 Å². The van der Waals surface area contributed by atoms with E-state index in [0.29, 0.717) is 18.8 Å². The maximum atomic E-state index is 14.7. The summed E-state index contributed by atoms with van der Waals surface area (Å²) in [5.74, 6) is -1.65. The summed E-state index contributed by atoms with van der Waals surface area (Å²) >= 11 is 0. The average Bonchev–Trinajstić information content (AvgIpc) is 3.01. The van der Waals surface area contributed by atoms with Gasteiger partial charge in [-0.05, 0) is 93.0 Å². The van der Waals surface area contributed by atoms with E-state index in [1.807, 2.05) is 36.4 Å². The number of carbonyl (C=O) groups is 3. The first-order chi connectivity index (χ1) is 21.3. The van der Waals surface area contributed by atoms with Gasteiger partial charge in [0.05, 0.1) is 30.4 Å². The third kappa shape index (κ3) is 11.8. The van der Waals surface area contributed by atoms with Crippen LogP contribution in [0.15, 0.2) is 66.7 Å². The first-order valence-electron chi connectivity index (χ1n) is 15.5. The van der Waals surface area contributed by atoms with Crippen LogP contribution in [0.3, 0.4) is 0 Å². The SMILES string of the molecule is CCCCCC[C@H](C)OC(=O)c1ccc(OC(=O)c2ccc(-c3ccc(OCCCCCCOC(C)=O)cc3)cc2)cc1F. The molecule has 7 nitrogen and oxygen atoms in total. The lowest BCUT2D eigenvalue weighted by Crippen LogP contribution is -2.16. The fraction of sp³-hybridized carbons (Fsp3) is 0.417. The third-order valence-electron chi connectivity index (χ3n) is 7.06. The molecule has 236 valence electrons. The highest BCUT2D eigenvalue weighted by atomic mass is 19.1. The zero-order chi connectivity index (χ0) is 31.7. The minimum Gasteiger partial charge on any atom is -0.494 e. The zero-order valence-electron chi connectivity index (χ0n) is 25.9. The van der Waals surface area contributed by atoms with E-state index in [2.05, 4.69) is 6.92 Å². The number of unbranched alkanes of at least 4 members (excludes halogenated alkanes) is 6. The number of esters is 3. The lowest BCUT2D eigenvalue weighted by Gasteiger charge is -2.14. The van der Waals surface area contributed by atoms with E-state index in [4.69, 9.17) is 18.9 Å². The van der Waals surface area contributed by atoms with Gasteiger partial charge in [0.25, 0.3) is 0 Å². The second kappa shape index (κ2) is 18.5. The number of hydrogen-bond donors (Lipinski definition) is 0. The van der Waals surface area contributed by atoms with Gasteiger partial charge in [0.1, 0.15) is 17.3 Å². The zero-order valence-corrected chi connectivity index (χ0v) is 25.9. The lowest BCUT2D eigenvalue weighted by molar-refractivity contribution is -0.141. The van der Waals surface area contributed by atoms with Crippen molar-refractivity contribution < 1.29 is 37.7 Å². The van der Waals surface area contributed by atoms with Crippen molar-refractivity contribution in [2.24, 2.45) is 0 Å². The predicted octanol–water partition coefficient (Wildman–Crippen LogP) is 8.73. The topological polar surface area (TPSA) is 88.1 Å². The van der Waals surface area contributed by atoms with Crippen molar-refractivity contribution in [1.82, 2.24) is 0 Å². The van der Waals surface area contributed by atoms with Crippen molar-refractivity contribution in [3.63, 3.8) is 0 Å². The predicted molar refractivity (Wildman–Crippen MR) is 167 cm³/mol. The Labute approximate surface area is 259 Å². The molecule has 0 saturated carbocycles. The van der Waals surface area contributed by atoms with Crippen molar-refractivity contribution in [3.05, 3.63) is 83.7 Å².